The maximum atomic E-state index is 12.1. The zero-order valence-corrected chi connectivity index (χ0v) is 13.7. The molecule has 0 unspecified atom stereocenters. The van der Waals surface area contributed by atoms with E-state index in [4.69, 9.17) is 14.2 Å². The van der Waals surface area contributed by atoms with Crippen molar-refractivity contribution >= 4 is 12.0 Å². The second kappa shape index (κ2) is 7.02. The molecule has 0 aliphatic carbocycles. The van der Waals surface area contributed by atoms with Crippen molar-refractivity contribution in [1.29, 1.82) is 0 Å². The van der Waals surface area contributed by atoms with Crippen LogP contribution in [0.5, 0.6) is 11.5 Å². The Morgan fingerprint density at radius 2 is 1.68 bits per heavy atom. The Morgan fingerprint density at radius 3 is 2.18 bits per heavy atom. The molecule has 0 spiro atoms. The predicted octanol–water partition coefficient (Wildman–Crippen LogP) is 2.22. The second-order valence-corrected chi connectivity index (χ2v) is 5.55. The van der Waals surface area contributed by atoms with Crippen LogP contribution in [-0.4, -0.2) is 43.9 Å². The van der Waals surface area contributed by atoms with Crippen molar-refractivity contribution in [3.05, 3.63) is 23.8 Å². The minimum Gasteiger partial charge on any atom is -0.493 e. The summed E-state index contributed by atoms with van der Waals surface area (Å²) >= 11 is 0. The van der Waals surface area contributed by atoms with Gasteiger partial charge in [0.1, 0.15) is 5.60 Å². The van der Waals surface area contributed by atoms with Crippen LogP contribution in [0, 0.1) is 0 Å². The third kappa shape index (κ3) is 4.83. The van der Waals surface area contributed by atoms with E-state index < -0.39 is 17.6 Å². The Kier molecular flexibility index (Phi) is 5.62. The van der Waals surface area contributed by atoms with Crippen molar-refractivity contribution in [3.63, 3.8) is 0 Å². The van der Waals surface area contributed by atoms with Crippen molar-refractivity contribution in [2.24, 2.45) is 0 Å². The van der Waals surface area contributed by atoms with Crippen molar-refractivity contribution in [1.82, 2.24) is 10.4 Å². The Balaban J connectivity index is 2.78. The number of carbonyl (C=O) groups excluding carboxylic acids is 2. The first-order valence-electron chi connectivity index (χ1n) is 6.67. The Labute approximate surface area is 130 Å². The topological polar surface area (TPSA) is 77.1 Å². The lowest BCUT2D eigenvalue weighted by Gasteiger charge is -2.24. The van der Waals surface area contributed by atoms with Gasteiger partial charge in [0, 0.05) is 12.6 Å². The lowest BCUT2D eigenvalue weighted by Crippen LogP contribution is -2.45. The molecule has 122 valence electrons. The van der Waals surface area contributed by atoms with Gasteiger partial charge in [-0.15, -0.1) is 0 Å². The molecule has 1 aromatic carbocycles. The van der Waals surface area contributed by atoms with Crippen LogP contribution in [0.2, 0.25) is 0 Å². The van der Waals surface area contributed by atoms with Gasteiger partial charge < -0.3 is 14.2 Å². The fourth-order valence-corrected chi connectivity index (χ4v) is 1.57. The van der Waals surface area contributed by atoms with E-state index in [1.807, 2.05) is 0 Å². The minimum atomic E-state index is -0.652. The average molecular weight is 310 g/mol. The first-order valence-corrected chi connectivity index (χ1v) is 6.67. The molecule has 0 radical (unpaired) electrons. The molecule has 22 heavy (non-hydrogen) atoms. The van der Waals surface area contributed by atoms with Crippen LogP contribution in [0.3, 0.4) is 0 Å². The monoisotopic (exact) mass is 310 g/mol. The number of amides is 2. The van der Waals surface area contributed by atoms with Crippen LogP contribution in [0.15, 0.2) is 18.2 Å². The largest absolute Gasteiger partial charge is 0.493 e. The Hall–Kier alpha value is -2.44. The van der Waals surface area contributed by atoms with Crippen LogP contribution < -0.4 is 14.9 Å². The summed E-state index contributed by atoms with van der Waals surface area (Å²) in [6.07, 6.45) is -0.652. The van der Waals surface area contributed by atoms with Crippen LogP contribution in [-0.2, 0) is 4.74 Å². The molecule has 1 N–H and O–H groups in total. The molecule has 0 aromatic heterocycles. The molecular formula is C15H22N2O5. The third-order valence-electron chi connectivity index (χ3n) is 2.58. The van der Waals surface area contributed by atoms with Crippen LogP contribution in [0.1, 0.15) is 31.1 Å². The molecule has 1 rings (SSSR count). The number of ether oxygens (including phenoxy) is 3. The summed E-state index contributed by atoms with van der Waals surface area (Å²) in [7, 11) is 4.40. The van der Waals surface area contributed by atoms with E-state index in [1.165, 1.54) is 27.3 Å². The first kappa shape index (κ1) is 17.6. The molecule has 0 heterocycles. The van der Waals surface area contributed by atoms with E-state index >= 15 is 0 Å². The molecule has 0 fully saturated rings. The Morgan fingerprint density at radius 1 is 1.09 bits per heavy atom. The molecule has 0 saturated heterocycles. The summed E-state index contributed by atoms with van der Waals surface area (Å²) in [5.74, 6) is 0.476. The van der Waals surface area contributed by atoms with Crippen molar-refractivity contribution < 1.29 is 23.8 Å². The molecule has 0 saturated carbocycles. The first-order chi connectivity index (χ1) is 10.2. The summed E-state index contributed by atoms with van der Waals surface area (Å²) < 4.78 is 15.4. The van der Waals surface area contributed by atoms with Crippen LogP contribution in [0.25, 0.3) is 0 Å². The SMILES string of the molecule is COc1ccc(C(=O)NN(C)C(=O)OC(C)(C)C)cc1OC. The van der Waals surface area contributed by atoms with E-state index in [0.717, 1.165) is 5.01 Å². The molecule has 7 nitrogen and oxygen atoms in total. The number of hydrogen-bond acceptors (Lipinski definition) is 5. The normalized spacial score (nSPS) is 10.6. The van der Waals surface area contributed by atoms with Gasteiger partial charge in [-0.3, -0.25) is 10.2 Å². The van der Waals surface area contributed by atoms with Gasteiger partial charge in [0.05, 0.1) is 14.2 Å². The van der Waals surface area contributed by atoms with Crippen molar-refractivity contribution in [3.8, 4) is 11.5 Å². The van der Waals surface area contributed by atoms with Gasteiger partial charge >= 0.3 is 6.09 Å². The lowest BCUT2D eigenvalue weighted by atomic mass is 10.2. The van der Waals surface area contributed by atoms with Crippen molar-refractivity contribution in [2.45, 2.75) is 26.4 Å². The summed E-state index contributed by atoms with van der Waals surface area (Å²) in [5, 5.41) is 0.990. The lowest BCUT2D eigenvalue weighted by molar-refractivity contribution is 0.0195. The molecular weight excluding hydrogens is 288 g/mol. The quantitative estimate of drug-likeness (QED) is 0.866. The zero-order valence-electron chi connectivity index (χ0n) is 13.7. The van der Waals surface area contributed by atoms with Gasteiger partial charge in [0.15, 0.2) is 11.5 Å². The Bertz CT molecular complexity index is 551. The summed E-state index contributed by atoms with van der Waals surface area (Å²) in [5.41, 5.74) is 2.12. The van der Waals surface area contributed by atoms with E-state index in [0.29, 0.717) is 17.1 Å². The highest BCUT2D eigenvalue weighted by molar-refractivity contribution is 5.95. The standard InChI is InChI=1S/C15H22N2O5/c1-15(2,3)22-14(19)17(4)16-13(18)10-7-8-11(20-5)12(9-10)21-6/h7-9H,1-6H3,(H,16,18). The number of carbonyl (C=O) groups is 2. The number of methoxy groups -OCH3 is 2. The van der Waals surface area contributed by atoms with Crippen LogP contribution >= 0.6 is 0 Å². The minimum absolute atomic E-state index is 0.327. The second-order valence-electron chi connectivity index (χ2n) is 5.55. The third-order valence-corrected chi connectivity index (χ3v) is 2.58. The number of hydrazine groups is 1. The molecule has 7 heteroatoms. The van der Waals surface area contributed by atoms with Gasteiger partial charge in [-0.05, 0) is 39.0 Å². The number of nitrogens with one attached hydrogen (secondary N) is 1. The number of benzene rings is 1. The highest BCUT2D eigenvalue weighted by Crippen LogP contribution is 2.27. The van der Waals surface area contributed by atoms with E-state index in [9.17, 15) is 9.59 Å². The molecule has 2 amide bonds. The van der Waals surface area contributed by atoms with Gasteiger partial charge in [-0.1, -0.05) is 0 Å². The molecule has 0 atom stereocenters. The van der Waals surface area contributed by atoms with E-state index in [-0.39, 0.29) is 0 Å². The average Bonchev–Trinajstić information content (AvgIpc) is 2.44. The molecule has 0 aliphatic heterocycles. The van der Waals surface area contributed by atoms with E-state index in [2.05, 4.69) is 5.43 Å². The van der Waals surface area contributed by atoms with Gasteiger partial charge in [0.25, 0.3) is 5.91 Å². The van der Waals surface area contributed by atoms with Gasteiger partial charge in [-0.2, -0.15) is 0 Å². The maximum Gasteiger partial charge on any atom is 0.428 e. The number of rotatable bonds is 3. The summed E-state index contributed by atoms with van der Waals surface area (Å²) in [6.45, 7) is 5.23. The summed E-state index contributed by atoms with van der Waals surface area (Å²) in [4.78, 5) is 23.9. The van der Waals surface area contributed by atoms with E-state index in [1.54, 1.807) is 32.9 Å². The highest BCUT2D eigenvalue weighted by Gasteiger charge is 2.21. The van der Waals surface area contributed by atoms with Crippen LogP contribution in [0.4, 0.5) is 4.79 Å². The smallest absolute Gasteiger partial charge is 0.428 e. The highest BCUT2D eigenvalue weighted by atomic mass is 16.6. The molecule has 1 aromatic rings. The van der Waals surface area contributed by atoms with Gasteiger partial charge in [-0.25, -0.2) is 9.80 Å². The predicted molar refractivity (Wildman–Crippen MR) is 81.0 cm³/mol. The van der Waals surface area contributed by atoms with Gasteiger partial charge in [0.2, 0.25) is 0 Å². The fourth-order valence-electron chi connectivity index (χ4n) is 1.57. The fraction of sp³-hybridized carbons (Fsp3) is 0.467. The zero-order chi connectivity index (χ0) is 16.9. The molecule has 0 bridgehead atoms. The summed E-state index contributed by atoms with van der Waals surface area (Å²) in [6, 6.07) is 4.71. The van der Waals surface area contributed by atoms with Crippen molar-refractivity contribution in [2.75, 3.05) is 21.3 Å². The molecule has 0 aliphatic rings. The number of hydrogen-bond donors (Lipinski definition) is 1. The number of nitrogens with zero attached hydrogens (tertiary/aromatic N) is 1. The maximum absolute atomic E-state index is 12.1.